The molecule has 0 aliphatic rings. The number of carbonyl (C=O) groups excluding carboxylic acids is 2. The minimum Gasteiger partial charge on any atom is -0.359 e. The second kappa shape index (κ2) is 7.09. The molecule has 3 N–H and O–H groups in total. The first-order valence-electron chi connectivity index (χ1n) is 6.60. The monoisotopic (exact) mass is 283 g/mol. The lowest BCUT2D eigenvalue weighted by atomic mass is 10.1. The van der Waals surface area contributed by atoms with Crippen LogP contribution in [0.15, 0.2) is 54.6 Å². The first-order chi connectivity index (χ1) is 10.2. The lowest BCUT2D eigenvalue weighted by Gasteiger charge is -2.08. The molecule has 2 rings (SSSR count). The van der Waals surface area contributed by atoms with Gasteiger partial charge in [0.2, 0.25) is 5.91 Å². The molecule has 21 heavy (non-hydrogen) atoms. The van der Waals surface area contributed by atoms with Gasteiger partial charge in [-0.15, -0.1) is 0 Å². The molecule has 0 unspecified atom stereocenters. The van der Waals surface area contributed by atoms with E-state index in [0.29, 0.717) is 12.1 Å². The molecule has 0 atom stereocenters. The highest BCUT2D eigenvalue weighted by atomic mass is 16.2. The molecular weight excluding hydrogens is 266 g/mol. The van der Waals surface area contributed by atoms with E-state index in [0.717, 1.165) is 11.3 Å². The van der Waals surface area contributed by atoms with Gasteiger partial charge in [0.25, 0.3) is 0 Å². The van der Waals surface area contributed by atoms with Gasteiger partial charge in [0.05, 0.1) is 6.42 Å². The molecular formula is C16H17N3O2. The SMILES string of the molecule is CNC(=O)Cc1ccc(NC(=O)Nc2ccccc2)cc1. The zero-order valence-corrected chi connectivity index (χ0v) is 11.7. The number of urea groups is 1. The van der Waals surface area contributed by atoms with E-state index in [2.05, 4.69) is 16.0 Å². The maximum absolute atomic E-state index is 11.8. The van der Waals surface area contributed by atoms with Crippen molar-refractivity contribution < 1.29 is 9.59 Å². The molecule has 0 spiro atoms. The quantitative estimate of drug-likeness (QED) is 0.807. The smallest absolute Gasteiger partial charge is 0.323 e. The Labute approximate surface area is 123 Å². The highest BCUT2D eigenvalue weighted by Gasteiger charge is 2.04. The minimum absolute atomic E-state index is 0.0440. The van der Waals surface area contributed by atoms with Gasteiger partial charge in [-0.1, -0.05) is 30.3 Å². The lowest BCUT2D eigenvalue weighted by molar-refractivity contribution is -0.119. The molecule has 0 aromatic heterocycles. The van der Waals surface area contributed by atoms with Crippen LogP contribution < -0.4 is 16.0 Å². The standard InChI is InChI=1S/C16H17N3O2/c1-17-15(20)11-12-7-9-14(10-8-12)19-16(21)18-13-5-3-2-4-6-13/h2-10H,11H2,1H3,(H,17,20)(H2,18,19,21). The predicted molar refractivity (Wildman–Crippen MR) is 83.3 cm³/mol. The van der Waals surface area contributed by atoms with E-state index in [-0.39, 0.29) is 11.9 Å². The van der Waals surface area contributed by atoms with Crippen LogP contribution >= 0.6 is 0 Å². The molecule has 5 nitrogen and oxygen atoms in total. The molecule has 0 radical (unpaired) electrons. The highest BCUT2D eigenvalue weighted by Crippen LogP contribution is 2.11. The fraction of sp³-hybridized carbons (Fsp3) is 0.125. The molecule has 0 aliphatic heterocycles. The number of amides is 3. The maximum atomic E-state index is 11.8. The number of hydrogen-bond donors (Lipinski definition) is 3. The van der Waals surface area contributed by atoms with Gasteiger partial charge in [0.1, 0.15) is 0 Å². The summed E-state index contributed by atoms with van der Waals surface area (Å²) in [4.78, 5) is 23.1. The molecule has 5 heteroatoms. The van der Waals surface area contributed by atoms with E-state index in [4.69, 9.17) is 0 Å². The summed E-state index contributed by atoms with van der Waals surface area (Å²) in [5, 5.41) is 8.04. The van der Waals surface area contributed by atoms with Crippen molar-refractivity contribution in [2.45, 2.75) is 6.42 Å². The van der Waals surface area contributed by atoms with Crippen LogP contribution in [0.2, 0.25) is 0 Å². The Morgan fingerprint density at radius 2 is 1.43 bits per heavy atom. The Kier molecular flexibility index (Phi) is 4.93. The minimum atomic E-state index is -0.305. The molecule has 0 saturated carbocycles. The number of hydrogen-bond acceptors (Lipinski definition) is 2. The number of likely N-dealkylation sites (N-methyl/N-ethyl adjacent to an activating group) is 1. The maximum Gasteiger partial charge on any atom is 0.323 e. The Hall–Kier alpha value is -2.82. The third kappa shape index (κ3) is 4.65. The van der Waals surface area contributed by atoms with Crippen LogP contribution in [0.5, 0.6) is 0 Å². The van der Waals surface area contributed by atoms with Gasteiger partial charge >= 0.3 is 6.03 Å². The van der Waals surface area contributed by atoms with E-state index < -0.39 is 0 Å². The third-order valence-corrected chi connectivity index (χ3v) is 2.89. The van der Waals surface area contributed by atoms with Gasteiger partial charge in [-0.05, 0) is 29.8 Å². The van der Waals surface area contributed by atoms with Crippen molar-refractivity contribution in [2.24, 2.45) is 0 Å². The number of nitrogens with one attached hydrogen (secondary N) is 3. The van der Waals surface area contributed by atoms with Gasteiger partial charge in [0.15, 0.2) is 0 Å². The van der Waals surface area contributed by atoms with Gasteiger partial charge in [0, 0.05) is 18.4 Å². The van der Waals surface area contributed by atoms with Gasteiger partial charge in [-0.2, -0.15) is 0 Å². The van der Waals surface area contributed by atoms with Crippen molar-refractivity contribution in [3.63, 3.8) is 0 Å². The number of carbonyl (C=O) groups is 2. The number of para-hydroxylation sites is 1. The molecule has 108 valence electrons. The molecule has 0 saturated heterocycles. The summed E-state index contributed by atoms with van der Waals surface area (Å²) in [7, 11) is 1.60. The highest BCUT2D eigenvalue weighted by molar-refractivity contribution is 5.99. The van der Waals surface area contributed by atoms with Gasteiger partial charge in [-0.3, -0.25) is 4.79 Å². The average molecular weight is 283 g/mol. The van der Waals surface area contributed by atoms with Crippen LogP contribution in [0.4, 0.5) is 16.2 Å². The molecule has 0 fully saturated rings. The molecule has 2 aromatic rings. The van der Waals surface area contributed by atoms with Crippen molar-refractivity contribution in [2.75, 3.05) is 17.7 Å². The second-order valence-electron chi connectivity index (χ2n) is 4.49. The number of anilines is 2. The Balaban J connectivity index is 1.91. The summed E-state index contributed by atoms with van der Waals surface area (Å²) in [6, 6.07) is 16.1. The van der Waals surface area contributed by atoms with Crippen LogP contribution in [0, 0.1) is 0 Å². The topological polar surface area (TPSA) is 70.2 Å². The summed E-state index contributed by atoms with van der Waals surface area (Å²) in [6.07, 6.45) is 0.326. The van der Waals surface area contributed by atoms with Crippen molar-refractivity contribution >= 4 is 23.3 Å². The first kappa shape index (κ1) is 14.6. The average Bonchev–Trinajstić information content (AvgIpc) is 2.50. The Morgan fingerprint density at radius 1 is 0.857 bits per heavy atom. The summed E-state index contributed by atoms with van der Waals surface area (Å²) < 4.78 is 0. The second-order valence-corrected chi connectivity index (χ2v) is 4.49. The zero-order chi connectivity index (χ0) is 15.1. The number of benzene rings is 2. The van der Waals surface area contributed by atoms with Crippen molar-refractivity contribution in [1.29, 1.82) is 0 Å². The van der Waals surface area contributed by atoms with Crippen LogP contribution in [0.1, 0.15) is 5.56 Å². The van der Waals surface area contributed by atoms with Crippen LogP contribution in [0.3, 0.4) is 0 Å². The van der Waals surface area contributed by atoms with Crippen LogP contribution in [0.25, 0.3) is 0 Å². The van der Waals surface area contributed by atoms with E-state index >= 15 is 0 Å². The lowest BCUT2D eigenvalue weighted by Crippen LogP contribution is -2.20. The largest absolute Gasteiger partial charge is 0.359 e. The molecule has 0 bridgehead atoms. The predicted octanol–water partition coefficient (Wildman–Crippen LogP) is 2.62. The normalized spacial score (nSPS) is 9.76. The van der Waals surface area contributed by atoms with Gasteiger partial charge in [-0.25, -0.2) is 4.79 Å². The van der Waals surface area contributed by atoms with E-state index in [1.54, 1.807) is 19.2 Å². The fourth-order valence-corrected chi connectivity index (χ4v) is 1.79. The van der Waals surface area contributed by atoms with E-state index in [9.17, 15) is 9.59 Å². The molecule has 2 aromatic carbocycles. The molecule has 0 heterocycles. The fourth-order valence-electron chi connectivity index (χ4n) is 1.79. The Bertz CT molecular complexity index is 609. The van der Waals surface area contributed by atoms with Crippen molar-refractivity contribution in [1.82, 2.24) is 5.32 Å². The summed E-state index contributed by atoms with van der Waals surface area (Å²) in [5.74, 6) is -0.0440. The van der Waals surface area contributed by atoms with Gasteiger partial charge < -0.3 is 16.0 Å². The van der Waals surface area contributed by atoms with Crippen molar-refractivity contribution in [3.8, 4) is 0 Å². The Morgan fingerprint density at radius 3 is 2.00 bits per heavy atom. The first-order valence-corrected chi connectivity index (χ1v) is 6.60. The van der Waals surface area contributed by atoms with E-state index in [1.165, 1.54) is 0 Å². The zero-order valence-electron chi connectivity index (χ0n) is 11.7. The summed E-state index contributed by atoms with van der Waals surface area (Å²) in [5.41, 5.74) is 2.29. The summed E-state index contributed by atoms with van der Waals surface area (Å²) >= 11 is 0. The van der Waals surface area contributed by atoms with Crippen LogP contribution in [-0.2, 0) is 11.2 Å². The third-order valence-electron chi connectivity index (χ3n) is 2.89. The molecule has 3 amide bonds. The van der Waals surface area contributed by atoms with E-state index in [1.807, 2.05) is 42.5 Å². The van der Waals surface area contributed by atoms with Crippen molar-refractivity contribution in [3.05, 3.63) is 60.2 Å². The summed E-state index contributed by atoms with van der Waals surface area (Å²) in [6.45, 7) is 0. The molecule has 0 aliphatic carbocycles. The number of rotatable bonds is 4. The van der Waals surface area contributed by atoms with Crippen LogP contribution in [-0.4, -0.2) is 19.0 Å².